The first-order chi connectivity index (χ1) is 12.2. The summed E-state index contributed by atoms with van der Waals surface area (Å²) in [6, 6.07) is 2.90. The highest BCUT2D eigenvalue weighted by molar-refractivity contribution is 6.01. The van der Waals surface area contributed by atoms with Crippen LogP contribution in [-0.2, 0) is 15.1 Å². The number of halogens is 4. The van der Waals surface area contributed by atoms with Gasteiger partial charge in [-0.05, 0) is 30.3 Å². The Hall–Kier alpha value is -2.56. The lowest BCUT2D eigenvalue weighted by atomic mass is 9.75. The lowest BCUT2D eigenvalue weighted by Crippen LogP contribution is -2.58. The number of amides is 1. The Morgan fingerprint density at radius 2 is 2.15 bits per heavy atom. The molecule has 2 N–H and O–H groups in total. The van der Waals surface area contributed by atoms with Crippen LogP contribution in [0.2, 0.25) is 0 Å². The van der Waals surface area contributed by atoms with Gasteiger partial charge < -0.3 is 10.5 Å². The summed E-state index contributed by atoms with van der Waals surface area (Å²) in [5.74, 6) is -4.12. The zero-order chi connectivity index (χ0) is 19.3. The zero-order valence-electron chi connectivity index (χ0n) is 13.5. The van der Waals surface area contributed by atoms with Crippen molar-refractivity contribution in [1.82, 2.24) is 4.90 Å². The summed E-state index contributed by atoms with van der Waals surface area (Å²) in [5.41, 5.74) is 3.11. The molecule has 0 bridgehead atoms. The first-order valence-corrected chi connectivity index (χ1v) is 7.64. The van der Waals surface area contributed by atoms with Gasteiger partial charge in [0.15, 0.2) is 12.1 Å². The van der Waals surface area contributed by atoms with Crippen LogP contribution in [0, 0.1) is 16.6 Å². The summed E-state index contributed by atoms with van der Waals surface area (Å²) < 4.78 is 59.6. The van der Waals surface area contributed by atoms with Crippen molar-refractivity contribution in [3.05, 3.63) is 34.5 Å². The number of ether oxygens (including phenoxy) is 1. The number of hydrogen-bond donors (Lipinski definition) is 1. The summed E-state index contributed by atoms with van der Waals surface area (Å²) in [5, 5.41) is 2.66. The number of benzene rings is 1. The molecule has 7 nitrogen and oxygen atoms in total. The van der Waals surface area contributed by atoms with E-state index in [0.29, 0.717) is 0 Å². The van der Waals surface area contributed by atoms with Crippen LogP contribution in [0.3, 0.4) is 0 Å². The normalized spacial score (nSPS) is 28.7. The number of alkyl halides is 3. The van der Waals surface area contributed by atoms with E-state index in [9.17, 15) is 27.3 Å². The highest BCUT2D eigenvalue weighted by Gasteiger charge is 2.66. The molecule has 140 valence electrons. The number of aliphatic imine (C=N–C) groups is 1. The molecule has 1 aromatic carbocycles. The molecule has 0 aliphatic carbocycles. The number of hydrogen-bond acceptors (Lipinski definition) is 6. The molecule has 1 saturated heterocycles. The van der Waals surface area contributed by atoms with Gasteiger partial charge in [-0.1, -0.05) is 0 Å². The molecule has 2 heterocycles. The van der Waals surface area contributed by atoms with E-state index in [1.165, 1.54) is 6.92 Å². The summed E-state index contributed by atoms with van der Waals surface area (Å²) in [4.78, 5) is 28.4. The molecule has 11 heteroatoms. The Kier molecular flexibility index (Phi) is 4.21. The van der Waals surface area contributed by atoms with Gasteiger partial charge in [-0.3, -0.25) is 9.69 Å². The Morgan fingerprint density at radius 1 is 1.46 bits per heavy atom. The van der Waals surface area contributed by atoms with Crippen molar-refractivity contribution in [3.63, 3.8) is 0 Å². The second-order valence-electron chi connectivity index (χ2n) is 5.98. The zero-order valence-corrected chi connectivity index (χ0v) is 13.5. The van der Waals surface area contributed by atoms with Crippen LogP contribution >= 0.6 is 0 Å². The molecule has 1 amide bonds. The van der Waals surface area contributed by atoms with Crippen molar-refractivity contribution >= 4 is 17.6 Å². The molecule has 3 atom stereocenters. The quantitative estimate of drug-likeness (QED) is 0.648. The van der Waals surface area contributed by atoms with Crippen LogP contribution in [0.1, 0.15) is 12.5 Å². The minimum atomic E-state index is -4.87. The standard InChI is InChI=1S/C15H14F4N4O3/c1-2-23-12(24)10-11(15(17,18)19)26-6-14(10,21-13(23)20)8-5-7(22-25)3-4-9(8)16/h3-5,10-11H,2,6H2,1H3,(H2,20,21)/t10-,11-,14+/m0/s1. The lowest BCUT2D eigenvalue weighted by molar-refractivity contribution is -0.218. The maximum absolute atomic E-state index is 14.5. The fourth-order valence-electron chi connectivity index (χ4n) is 3.44. The highest BCUT2D eigenvalue weighted by Crippen LogP contribution is 2.51. The van der Waals surface area contributed by atoms with Gasteiger partial charge in [0.1, 0.15) is 23.0 Å². The maximum atomic E-state index is 14.5. The van der Waals surface area contributed by atoms with Crippen LogP contribution in [0.5, 0.6) is 0 Å². The number of carbonyl (C=O) groups is 1. The molecule has 3 rings (SSSR count). The third kappa shape index (κ3) is 2.54. The Bertz CT molecular complexity index is 798. The Morgan fingerprint density at radius 3 is 2.73 bits per heavy atom. The molecule has 0 saturated carbocycles. The van der Waals surface area contributed by atoms with Crippen molar-refractivity contribution in [2.24, 2.45) is 21.8 Å². The van der Waals surface area contributed by atoms with E-state index in [2.05, 4.69) is 10.2 Å². The van der Waals surface area contributed by atoms with Crippen molar-refractivity contribution in [3.8, 4) is 0 Å². The average molecular weight is 374 g/mol. The van der Waals surface area contributed by atoms with Crippen LogP contribution in [0.15, 0.2) is 28.4 Å². The first kappa shape index (κ1) is 18.2. The van der Waals surface area contributed by atoms with Gasteiger partial charge in [0, 0.05) is 12.1 Å². The fourth-order valence-corrected chi connectivity index (χ4v) is 3.44. The summed E-state index contributed by atoms with van der Waals surface area (Å²) in [6.45, 7) is 0.790. The lowest BCUT2D eigenvalue weighted by Gasteiger charge is -2.39. The first-order valence-electron chi connectivity index (χ1n) is 7.64. The van der Waals surface area contributed by atoms with Crippen molar-refractivity contribution < 1.29 is 27.1 Å². The van der Waals surface area contributed by atoms with Gasteiger partial charge in [0.2, 0.25) is 5.91 Å². The smallest absolute Gasteiger partial charge is 0.369 e. The molecule has 1 fully saturated rings. The van der Waals surface area contributed by atoms with Gasteiger partial charge >= 0.3 is 6.18 Å². The summed E-state index contributed by atoms with van der Waals surface area (Å²) in [7, 11) is 0. The molecule has 0 spiro atoms. The molecule has 0 radical (unpaired) electrons. The van der Waals surface area contributed by atoms with Crippen molar-refractivity contribution in [2.75, 3.05) is 13.2 Å². The van der Waals surface area contributed by atoms with E-state index in [0.717, 1.165) is 23.1 Å². The number of fused-ring (bicyclic) bond motifs is 1. The molecular formula is C15H14F4N4O3. The average Bonchev–Trinajstić information content (AvgIpc) is 2.96. The molecule has 0 unspecified atom stereocenters. The van der Waals surface area contributed by atoms with E-state index in [-0.39, 0.29) is 18.2 Å². The number of guanidine groups is 1. The van der Waals surface area contributed by atoms with Gasteiger partial charge in [-0.2, -0.15) is 13.2 Å². The third-order valence-electron chi connectivity index (χ3n) is 4.58. The van der Waals surface area contributed by atoms with Crippen LogP contribution in [0.4, 0.5) is 23.2 Å². The number of nitroso groups, excluding NO2 is 1. The number of rotatable bonds is 3. The SMILES string of the molecule is CCN1C(=O)[C@@H]2[C@@H](C(F)(F)F)OC[C@]2(c2cc(N=O)ccc2F)N=C1N. The molecule has 1 aromatic rings. The minimum Gasteiger partial charge on any atom is -0.369 e. The molecule has 2 aliphatic rings. The van der Waals surface area contributed by atoms with E-state index < -0.39 is 47.6 Å². The van der Waals surface area contributed by atoms with E-state index in [1.54, 1.807) is 0 Å². The van der Waals surface area contributed by atoms with Crippen LogP contribution < -0.4 is 5.73 Å². The monoisotopic (exact) mass is 374 g/mol. The van der Waals surface area contributed by atoms with Gasteiger partial charge in [0.25, 0.3) is 0 Å². The van der Waals surface area contributed by atoms with E-state index in [1.807, 2.05) is 0 Å². The van der Waals surface area contributed by atoms with E-state index >= 15 is 0 Å². The predicted molar refractivity (Wildman–Crippen MR) is 81.8 cm³/mol. The van der Waals surface area contributed by atoms with Crippen molar-refractivity contribution in [1.29, 1.82) is 0 Å². The number of carbonyl (C=O) groups excluding carboxylic acids is 1. The van der Waals surface area contributed by atoms with Gasteiger partial charge in [-0.25, -0.2) is 9.38 Å². The van der Waals surface area contributed by atoms with Crippen molar-refractivity contribution in [2.45, 2.75) is 24.7 Å². The van der Waals surface area contributed by atoms with Gasteiger partial charge in [-0.15, -0.1) is 4.91 Å². The summed E-state index contributed by atoms with van der Waals surface area (Å²) >= 11 is 0. The van der Waals surface area contributed by atoms with E-state index in [4.69, 9.17) is 10.5 Å². The Labute approximate surface area is 144 Å². The third-order valence-corrected chi connectivity index (χ3v) is 4.58. The topological polar surface area (TPSA) is 97.4 Å². The molecular weight excluding hydrogens is 360 g/mol. The molecule has 26 heavy (non-hydrogen) atoms. The van der Waals surface area contributed by atoms with Crippen LogP contribution in [-0.4, -0.2) is 42.2 Å². The van der Waals surface area contributed by atoms with Crippen LogP contribution in [0.25, 0.3) is 0 Å². The largest absolute Gasteiger partial charge is 0.415 e. The Balaban J connectivity index is 2.27. The summed E-state index contributed by atoms with van der Waals surface area (Å²) in [6.07, 6.45) is -7.35. The predicted octanol–water partition coefficient (Wildman–Crippen LogP) is 2.17. The number of nitrogens with zero attached hydrogens (tertiary/aromatic N) is 3. The van der Waals surface area contributed by atoms with Gasteiger partial charge in [0.05, 0.1) is 6.61 Å². The molecule has 2 aliphatic heterocycles. The minimum absolute atomic E-state index is 0.0102. The highest BCUT2D eigenvalue weighted by atomic mass is 19.4. The molecule has 0 aromatic heterocycles. The number of nitrogens with two attached hydrogens (primary N) is 1. The fraction of sp³-hybridized carbons (Fsp3) is 0.467. The maximum Gasteiger partial charge on any atom is 0.415 e. The second-order valence-corrected chi connectivity index (χ2v) is 5.98. The second kappa shape index (κ2) is 6.01.